The quantitative estimate of drug-likeness (QED) is 0.140. The van der Waals surface area contributed by atoms with Crippen molar-refractivity contribution in [1.29, 1.82) is 0 Å². The van der Waals surface area contributed by atoms with E-state index >= 15 is 0 Å². The molecule has 4 aromatic rings. The maximum Gasteiger partial charge on any atom is 0.282 e. The minimum absolute atomic E-state index is 0.180. The molecule has 0 unspecified atom stereocenters. The van der Waals surface area contributed by atoms with Crippen LogP contribution in [-0.4, -0.2) is 23.0 Å². The second-order valence-electron chi connectivity index (χ2n) is 9.91. The van der Waals surface area contributed by atoms with E-state index in [2.05, 4.69) is 22.5 Å². The van der Waals surface area contributed by atoms with E-state index in [1.54, 1.807) is 19.4 Å². The van der Waals surface area contributed by atoms with Gasteiger partial charge in [-0.2, -0.15) is 9.78 Å². The molecule has 1 aliphatic carbocycles. The number of aromatic nitrogens is 2. The normalized spacial score (nSPS) is 14.1. The molecule has 206 valence electrons. The Bertz CT molecular complexity index is 1630. The largest absolute Gasteiger partial charge is 0.493 e. The second-order valence-corrected chi connectivity index (χ2v) is 11.2. The van der Waals surface area contributed by atoms with Crippen LogP contribution in [-0.2, 0) is 13.0 Å². The lowest BCUT2D eigenvalue weighted by Crippen LogP contribution is -2.25. The van der Waals surface area contributed by atoms with Crippen LogP contribution >= 0.6 is 27.5 Å². The first-order valence-electron chi connectivity index (χ1n) is 13.4. The Morgan fingerprint density at radius 1 is 1.12 bits per heavy atom. The minimum atomic E-state index is -0.180. The molecule has 0 amide bonds. The number of hydrogen-bond donors (Lipinski definition) is 0. The molecule has 0 spiro atoms. The number of nitrogens with zero attached hydrogens (tertiary/aromatic N) is 3. The predicted molar refractivity (Wildman–Crippen MR) is 165 cm³/mol. The van der Waals surface area contributed by atoms with Gasteiger partial charge >= 0.3 is 0 Å². The van der Waals surface area contributed by atoms with Gasteiger partial charge in [0, 0.05) is 26.5 Å². The lowest BCUT2D eigenvalue weighted by Gasteiger charge is -2.22. The summed E-state index contributed by atoms with van der Waals surface area (Å²) in [6.45, 7) is 4.21. The molecule has 0 N–H and O–H groups in total. The van der Waals surface area contributed by atoms with Crippen LogP contribution in [0.3, 0.4) is 0 Å². The summed E-state index contributed by atoms with van der Waals surface area (Å²) in [6.07, 6.45) is 9.52. The molecule has 3 aromatic carbocycles. The third kappa shape index (κ3) is 6.16. The van der Waals surface area contributed by atoms with E-state index in [9.17, 15) is 4.79 Å². The van der Waals surface area contributed by atoms with E-state index in [0.29, 0.717) is 46.3 Å². The molecule has 40 heavy (non-hydrogen) atoms. The van der Waals surface area contributed by atoms with Gasteiger partial charge < -0.3 is 9.47 Å². The summed E-state index contributed by atoms with van der Waals surface area (Å²) in [7, 11) is 1.60. The third-order valence-corrected chi connectivity index (χ3v) is 8.06. The summed E-state index contributed by atoms with van der Waals surface area (Å²) in [5, 5.41) is 5.88. The van der Waals surface area contributed by atoms with Crippen LogP contribution in [0, 0.1) is 0 Å². The van der Waals surface area contributed by atoms with E-state index in [4.69, 9.17) is 31.2 Å². The Labute approximate surface area is 247 Å². The highest BCUT2D eigenvalue weighted by atomic mass is 79.9. The van der Waals surface area contributed by atoms with Gasteiger partial charge in [0.25, 0.3) is 5.56 Å². The van der Waals surface area contributed by atoms with E-state index < -0.39 is 0 Å². The molecule has 0 radical (unpaired) electrons. The molecular weight excluding hydrogens is 590 g/mol. The molecule has 1 aliphatic rings. The van der Waals surface area contributed by atoms with E-state index in [-0.39, 0.29) is 11.5 Å². The van der Waals surface area contributed by atoms with Crippen molar-refractivity contribution in [3.8, 4) is 11.5 Å². The summed E-state index contributed by atoms with van der Waals surface area (Å²) >= 11 is 9.82. The third-order valence-electron chi connectivity index (χ3n) is 7.19. The summed E-state index contributed by atoms with van der Waals surface area (Å²) in [5.41, 5.74) is 3.06. The van der Waals surface area contributed by atoms with Crippen molar-refractivity contribution >= 4 is 44.6 Å². The van der Waals surface area contributed by atoms with Gasteiger partial charge in [-0.15, -0.1) is 6.58 Å². The lowest BCUT2D eigenvalue weighted by atomic mass is 9.88. The molecule has 1 aromatic heterocycles. The predicted octanol–water partition coefficient (Wildman–Crippen LogP) is 8.06. The fourth-order valence-electron chi connectivity index (χ4n) is 5.17. The Hall–Kier alpha value is -3.42. The molecule has 0 atom stereocenters. The molecule has 0 saturated heterocycles. The zero-order chi connectivity index (χ0) is 28.1. The molecule has 0 aliphatic heterocycles. The number of benzene rings is 3. The summed E-state index contributed by atoms with van der Waals surface area (Å²) in [6, 6.07) is 17.0. The average Bonchev–Trinajstić information content (AvgIpc) is 2.97. The number of ether oxygens (including phenoxy) is 2. The van der Waals surface area contributed by atoms with Gasteiger partial charge in [0.15, 0.2) is 11.5 Å². The van der Waals surface area contributed by atoms with E-state index in [1.807, 2.05) is 54.6 Å². The maximum atomic E-state index is 13.7. The zero-order valence-electron chi connectivity index (χ0n) is 22.4. The van der Waals surface area contributed by atoms with Crippen molar-refractivity contribution in [1.82, 2.24) is 9.66 Å². The monoisotopic (exact) mass is 619 g/mol. The van der Waals surface area contributed by atoms with Crippen molar-refractivity contribution in [3.05, 3.63) is 110 Å². The van der Waals surface area contributed by atoms with Crippen LogP contribution in [0.1, 0.15) is 60.5 Å². The highest BCUT2D eigenvalue weighted by Crippen LogP contribution is 2.35. The van der Waals surface area contributed by atoms with Gasteiger partial charge in [-0.05, 0) is 61.2 Å². The van der Waals surface area contributed by atoms with Gasteiger partial charge in [-0.3, -0.25) is 4.79 Å². The van der Waals surface area contributed by atoms with Crippen molar-refractivity contribution in [2.45, 2.75) is 51.0 Å². The Kier molecular flexibility index (Phi) is 9.02. The molecule has 1 saturated carbocycles. The van der Waals surface area contributed by atoms with Crippen LogP contribution in [0.15, 0.2) is 81.6 Å². The number of fused-ring (bicyclic) bond motifs is 1. The second kappa shape index (κ2) is 12.8. The number of rotatable bonds is 9. The topological polar surface area (TPSA) is 65.7 Å². The Balaban J connectivity index is 1.54. The van der Waals surface area contributed by atoms with Gasteiger partial charge in [-0.25, -0.2) is 4.98 Å². The average molecular weight is 621 g/mol. The van der Waals surface area contributed by atoms with Crippen LogP contribution in [0.5, 0.6) is 11.5 Å². The van der Waals surface area contributed by atoms with Gasteiger partial charge in [-0.1, -0.05) is 71.1 Å². The SMILES string of the molecule is C=CCc1cc(C=Nn2c(C3CCCCC3)nc3ccc(Br)cc3c2=O)cc(OC)c1OCc1ccccc1Cl. The number of allylic oxidation sites excluding steroid dienone is 1. The van der Waals surface area contributed by atoms with Crippen molar-refractivity contribution in [3.63, 3.8) is 0 Å². The van der Waals surface area contributed by atoms with Crippen LogP contribution in [0.25, 0.3) is 10.9 Å². The van der Waals surface area contributed by atoms with Crippen molar-refractivity contribution in [2.75, 3.05) is 7.11 Å². The lowest BCUT2D eigenvalue weighted by molar-refractivity contribution is 0.282. The fraction of sp³-hybridized carbons (Fsp3) is 0.281. The summed E-state index contributed by atoms with van der Waals surface area (Å²) in [5.74, 6) is 2.09. The molecule has 1 fully saturated rings. The zero-order valence-corrected chi connectivity index (χ0v) is 24.7. The summed E-state index contributed by atoms with van der Waals surface area (Å²) < 4.78 is 14.2. The van der Waals surface area contributed by atoms with Crippen molar-refractivity contribution in [2.24, 2.45) is 5.10 Å². The highest BCUT2D eigenvalue weighted by molar-refractivity contribution is 9.10. The number of hydrogen-bond acceptors (Lipinski definition) is 5. The first-order valence-corrected chi connectivity index (χ1v) is 14.6. The fourth-order valence-corrected chi connectivity index (χ4v) is 5.72. The number of halogens is 2. The molecule has 5 rings (SSSR count). The molecule has 8 heteroatoms. The standard InChI is InChI=1S/C32H31BrClN3O3/c1-3-9-23-16-21(17-29(39-2)30(23)40-20-24-12-7-8-13-27(24)34)19-35-37-31(22-10-5-4-6-11-22)36-28-15-14-25(33)18-26(28)32(37)38/h3,7-8,12-19,22H,1,4-6,9-11,20H2,2H3. The summed E-state index contributed by atoms with van der Waals surface area (Å²) in [4.78, 5) is 18.6. The highest BCUT2D eigenvalue weighted by Gasteiger charge is 2.23. The number of methoxy groups -OCH3 is 1. The maximum absolute atomic E-state index is 13.7. The minimum Gasteiger partial charge on any atom is -0.493 e. The van der Waals surface area contributed by atoms with Crippen LogP contribution < -0.4 is 15.0 Å². The Morgan fingerprint density at radius 3 is 2.67 bits per heavy atom. The Morgan fingerprint density at radius 2 is 1.93 bits per heavy atom. The van der Waals surface area contributed by atoms with Crippen LogP contribution in [0.2, 0.25) is 5.02 Å². The van der Waals surface area contributed by atoms with E-state index in [0.717, 1.165) is 46.8 Å². The smallest absolute Gasteiger partial charge is 0.282 e. The first kappa shape index (κ1) is 28.1. The van der Waals surface area contributed by atoms with Gasteiger partial charge in [0.2, 0.25) is 0 Å². The first-order chi connectivity index (χ1) is 19.5. The van der Waals surface area contributed by atoms with Crippen LogP contribution in [0.4, 0.5) is 0 Å². The van der Waals surface area contributed by atoms with Gasteiger partial charge in [0.1, 0.15) is 12.4 Å². The van der Waals surface area contributed by atoms with Gasteiger partial charge in [0.05, 0.1) is 24.2 Å². The molecule has 0 bridgehead atoms. The van der Waals surface area contributed by atoms with Crippen molar-refractivity contribution < 1.29 is 9.47 Å². The molecule has 1 heterocycles. The molecule has 6 nitrogen and oxygen atoms in total. The molecular formula is C32H31BrClN3O3. The van der Waals surface area contributed by atoms with E-state index in [1.165, 1.54) is 11.1 Å².